The highest BCUT2D eigenvalue weighted by Crippen LogP contribution is 2.43. The van der Waals surface area contributed by atoms with E-state index in [4.69, 9.17) is 0 Å². The van der Waals surface area contributed by atoms with Gasteiger partial charge in [-0.1, -0.05) is 13.8 Å². The van der Waals surface area contributed by atoms with Gasteiger partial charge in [0.05, 0.1) is 15.5 Å². The van der Waals surface area contributed by atoms with Crippen LogP contribution in [0, 0.1) is 22.5 Å². The lowest BCUT2D eigenvalue weighted by molar-refractivity contribution is -0.385. The summed E-state index contributed by atoms with van der Waals surface area (Å²) < 4.78 is 0.596. The molecule has 2 rings (SSSR count). The number of hydrogen-bond donors (Lipinski definition) is 2. The van der Waals surface area contributed by atoms with Gasteiger partial charge in [-0.25, -0.2) is 4.98 Å². The fourth-order valence-corrected chi connectivity index (χ4v) is 2.59. The van der Waals surface area contributed by atoms with Crippen LogP contribution in [0.15, 0.2) is 10.7 Å². The molecule has 104 valence electrons. The Morgan fingerprint density at radius 3 is 2.74 bits per heavy atom. The third-order valence-electron chi connectivity index (χ3n) is 3.96. The zero-order chi connectivity index (χ0) is 14.4. The average Bonchev–Trinajstić information content (AvgIpc) is 2.33. The van der Waals surface area contributed by atoms with Crippen LogP contribution in [0.5, 0.6) is 0 Å². The maximum absolute atomic E-state index is 10.8. The first-order valence-corrected chi connectivity index (χ1v) is 6.78. The Morgan fingerprint density at radius 2 is 2.26 bits per heavy atom. The van der Waals surface area contributed by atoms with E-state index in [1.807, 2.05) is 13.8 Å². The number of pyridine rings is 1. The first-order chi connectivity index (χ1) is 8.75. The van der Waals surface area contributed by atoms with Crippen molar-refractivity contribution in [1.82, 2.24) is 4.98 Å². The van der Waals surface area contributed by atoms with Crippen molar-refractivity contribution in [2.24, 2.45) is 5.41 Å². The van der Waals surface area contributed by atoms with E-state index < -0.39 is 4.92 Å². The lowest BCUT2D eigenvalue weighted by atomic mass is 9.64. The number of halogens is 1. The zero-order valence-electron chi connectivity index (χ0n) is 11.0. The van der Waals surface area contributed by atoms with Gasteiger partial charge in [-0.05, 0) is 29.3 Å². The molecule has 2 N–H and O–H groups in total. The molecule has 1 aliphatic rings. The molecule has 2 atom stereocenters. The van der Waals surface area contributed by atoms with Crippen LogP contribution in [0.1, 0.15) is 25.8 Å². The minimum Gasteiger partial charge on any atom is -0.392 e. The standard InChI is InChI=1S/C12H16BrN3O3/c1-6-7(16(18)19)5-14-11(10(6)13)15-8-4-9(17)12(8,2)3/h5,8-9,17H,4H2,1-3H3,(H,14,15). The van der Waals surface area contributed by atoms with Gasteiger partial charge in [0.2, 0.25) is 0 Å². The average molecular weight is 330 g/mol. The molecule has 0 aliphatic heterocycles. The number of aliphatic hydroxyl groups excluding tert-OH is 1. The highest BCUT2D eigenvalue weighted by atomic mass is 79.9. The maximum Gasteiger partial charge on any atom is 0.291 e. The molecular formula is C12H16BrN3O3. The van der Waals surface area contributed by atoms with Crippen molar-refractivity contribution in [2.45, 2.75) is 39.3 Å². The van der Waals surface area contributed by atoms with Crippen LogP contribution in [-0.4, -0.2) is 27.2 Å². The largest absolute Gasteiger partial charge is 0.392 e. The van der Waals surface area contributed by atoms with Crippen LogP contribution >= 0.6 is 15.9 Å². The predicted molar refractivity (Wildman–Crippen MR) is 75.1 cm³/mol. The molecule has 19 heavy (non-hydrogen) atoms. The Kier molecular flexibility index (Phi) is 3.53. The second-order valence-electron chi connectivity index (χ2n) is 5.46. The summed E-state index contributed by atoms with van der Waals surface area (Å²) in [5.74, 6) is 0.577. The van der Waals surface area contributed by atoms with Crippen molar-refractivity contribution >= 4 is 27.4 Å². The molecule has 1 heterocycles. The van der Waals surface area contributed by atoms with Crippen molar-refractivity contribution in [3.8, 4) is 0 Å². The normalized spacial score (nSPS) is 24.7. The first kappa shape index (κ1) is 14.2. The summed E-state index contributed by atoms with van der Waals surface area (Å²) in [4.78, 5) is 14.5. The molecule has 2 unspecified atom stereocenters. The summed E-state index contributed by atoms with van der Waals surface area (Å²) in [6.45, 7) is 5.63. The molecule has 0 aromatic carbocycles. The van der Waals surface area contributed by atoms with Gasteiger partial charge in [0.25, 0.3) is 5.69 Å². The Balaban J connectivity index is 2.24. The Labute approximate surface area is 119 Å². The second kappa shape index (κ2) is 4.72. The van der Waals surface area contributed by atoms with Crippen LogP contribution in [0.25, 0.3) is 0 Å². The van der Waals surface area contributed by atoms with E-state index in [-0.39, 0.29) is 23.2 Å². The van der Waals surface area contributed by atoms with Crippen LogP contribution in [0.4, 0.5) is 11.5 Å². The molecule has 7 heteroatoms. The van der Waals surface area contributed by atoms with E-state index in [1.54, 1.807) is 6.92 Å². The topological polar surface area (TPSA) is 88.3 Å². The van der Waals surface area contributed by atoms with E-state index in [0.717, 1.165) is 0 Å². The molecule has 0 saturated heterocycles. The number of rotatable bonds is 3. The van der Waals surface area contributed by atoms with E-state index >= 15 is 0 Å². The van der Waals surface area contributed by atoms with Gasteiger partial charge >= 0.3 is 0 Å². The van der Waals surface area contributed by atoms with Crippen LogP contribution in [0.3, 0.4) is 0 Å². The monoisotopic (exact) mass is 329 g/mol. The molecule has 0 radical (unpaired) electrons. The smallest absolute Gasteiger partial charge is 0.291 e. The number of hydrogen-bond acceptors (Lipinski definition) is 5. The fourth-order valence-electron chi connectivity index (χ4n) is 2.17. The van der Waals surface area contributed by atoms with E-state index in [9.17, 15) is 15.2 Å². The minimum absolute atomic E-state index is 0.00895. The van der Waals surface area contributed by atoms with Crippen molar-refractivity contribution in [3.63, 3.8) is 0 Å². The predicted octanol–water partition coefficient (Wildman–Crippen LogP) is 2.63. The molecular weight excluding hydrogens is 314 g/mol. The number of nitrogens with zero attached hydrogens (tertiary/aromatic N) is 2. The summed E-state index contributed by atoms with van der Waals surface area (Å²) in [5.41, 5.74) is 0.307. The van der Waals surface area contributed by atoms with Crippen molar-refractivity contribution in [1.29, 1.82) is 0 Å². The molecule has 1 fully saturated rings. The van der Waals surface area contributed by atoms with Crippen molar-refractivity contribution < 1.29 is 10.0 Å². The number of nitro groups is 1. The maximum atomic E-state index is 10.8. The Bertz CT molecular complexity index is 533. The minimum atomic E-state index is -0.450. The highest BCUT2D eigenvalue weighted by molar-refractivity contribution is 9.10. The molecule has 6 nitrogen and oxygen atoms in total. The summed E-state index contributed by atoms with van der Waals surface area (Å²) in [5, 5.41) is 23.7. The number of aliphatic hydroxyl groups is 1. The van der Waals surface area contributed by atoms with Gasteiger partial charge in [-0.15, -0.1) is 0 Å². The fraction of sp³-hybridized carbons (Fsp3) is 0.583. The summed E-state index contributed by atoms with van der Waals surface area (Å²) in [7, 11) is 0. The molecule has 1 saturated carbocycles. The number of anilines is 1. The highest BCUT2D eigenvalue weighted by Gasteiger charge is 2.47. The SMILES string of the molecule is Cc1c([N+](=O)[O-])cnc(NC2CC(O)C2(C)C)c1Br. The molecule has 1 aromatic heterocycles. The molecule has 1 aromatic rings. The van der Waals surface area contributed by atoms with Crippen LogP contribution < -0.4 is 5.32 Å². The Hall–Kier alpha value is -1.21. The van der Waals surface area contributed by atoms with Gasteiger partial charge in [-0.2, -0.15) is 0 Å². The quantitative estimate of drug-likeness (QED) is 0.657. The molecule has 0 bridgehead atoms. The molecule has 1 aliphatic carbocycles. The third-order valence-corrected chi connectivity index (χ3v) is 4.93. The van der Waals surface area contributed by atoms with Gasteiger partial charge in [0.15, 0.2) is 0 Å². The van der Waals surface area contributed by atoms with E-state index in [1.165, 1.54) is 6.20 Å². The van der Waals surface area contributed by atoms with Crippen LogP contribution in [-0.2, 0) is 0 Å². The third kappa shape index (κ3) is 2.32. The van der Waals surface area contributed by atoms with Crippen molar-refractivity contribution in [2.75, 3.05) is 5.32 Å². The van der Waals surface area contributed by atoms with E-state index in [2.05, 4.69) is 26.2 Å². The summed E-state index contributed by atoms with van der Waals surface area (Å²) >= 11 is 3.34. The molecule has 0 spiro atoms. The number of aromatic nitrogens is 1. The van der Waals surface area contributed by atoms with Gasteiger partial charge in [0, 0.05) is 17.0 Å². The van der Waals surface area contributed by atoms with Crippen LogP contribution in [0.2, 0.25) is 0 Å². The van der Waals surface area contributed by atoms with Crippen molar-refractivity contribution in [3.05, 3.63) is 26.3 Å². The van der Waals surface area contributed by atoms with Gasteiger partial charge in [0.1, 0.15) is 12.0 Å². The number of nitrogens with one attached hydrogen (secondary N) is 1. The molecule has 0 amide bonds. The zero-order valence-corrected chi connectivity index (χ0v) is 12.6. The van der Waals surface area contributed by atoms with Gasteiger partial charge < -0.3 is 10.4 Å². The lowest BCUT2D eigenvalue weighted by Gasteiger charge is -2.49. The lowest BCUT2D eigenvalue weighted by Crippen LogP contribution is -2.57. The van der Waals surface area contributed by atoms with Gasteiger partial charge in [-0.3, -0.25) is 10.1 Å². The second-order valence-corrected chi connectivity index (χ2v) is 6.25. The van der Waals surface area contributed by atoms with E-state index in [0.29, 0.717) is 22.3 Å². The summed E-state index contributed by atoms with van der Waals surface area (Å²) in [6, 6.07) is 0.104. The summed E-state index contributed by atoms with van der Waals surface area (Å²) in [6.07, 6.45) is 1.57. The first-order valence-electron chi connectivity index (χ1n) is 5.99. The Morgan fingerprint density at radius 1 is 1.63 bits per heavy atom.